The van der Waals surface area contributed by atoms with Crippen LogP contribution in [0.1, 0.15) is 73.9 Å². The molecular weight excluding hydrogens is 522 g/mol. The van der Waals surface area contributed by atoms with Crippen LogP contribution in [0.15, 0.2) is 54.9 Å². The highest BCUT2D eigenvalue weighted by Gasteiger charge is 2.45. The zero-order valence-corrected chi connectivity index (χ0v) is 25.4. The van der Waals surface area contributed by atoms with Gasteiger partial charge in [0, 0.05) is 28.6 Å². The Kier molecular flexibility index (Phi) is 9.31. The molecule has 3 rings (SSSR count). The highest BCUT2D eigenvalue weighted by molar-refractivity contribution is 6.02. The predicted octanol–water partition coefficient (Wildman–Crippen LogP) is 6.42. The SMILES string of the molecule is CCOc1cc(C(C(=O)O)N(c2ccc3cnccc3c2)N(C(=O)C(C)(C)C)C(=O)C(C)(C)C)ccc1OC(C)C. The molecule has 0 aliphatic carbocycles. The molecule has 0 spiro atoms. The van der Waals surface area contributed by atoms with Gasteiger partial charge in [0.05, 0.1) is 18.4 Å². The zero-order valence-electron chi connectivity index (χ0n) is 25.4. The Morgan fingerprint density at radius 3 is 2.05 bits per heavy atom. The van der Waals surface area contributed by atoms with Crippen LogP contribution in [0, 0.1) is 10.8 Å². The standard InChI is InChI=1S/C32H41N3O6/c1-10-40-26-18-22(12-14-25(26)41-20(2)3)27(28(36)37)34(24-13-11-23-19-33-16-15-21(23)17-24)35(29(38)31(4,5)6)30(39)32(7,8)9/h11-20,27H,10H2,1-9H3,(H,36,37). The summed E-state index contributed by atoms with van der Waals surface area (Å²) in [6.45, 7) is 16.1. The molecule has 0 fully saturated rings. The number of ether oxygens (including phenoxy) is 2. The van der Waals surface area contributed by atoms with Crippen LogP contribution in [0.2, 0.25) is 0 Å². The molecule has 1 N–H and O–H groups in total. The lowest BCUT2D eigenvalue weighted by molar-refractivity contribution is -0.157. The van der Waals surface area contributed by atoms with Gasteiger partial charge in [-0.2, -0.15) is 5.01 Å². The lowest BCUT2D eigenvalue weighted by Crippen LogP contribution is -2.59. The molecule has 0 radical (unpaired) electrons. The number of hydrazine groups is 1. The molecule has 0 aliphatic heterocycles. The number of anilines is 1. The molecule has 0 saturated carbocycles. The first kappa shape index (κ1) is 31.4. The van der Waals surface area contributed by atoms with Gasteiger partial charge < -0.3 is 14.6 Å². The first-order chi connectivity index (χ1) is 19.1. The monoisotopic (exact) mass is 563 g/mol. The van der Waals surface area contributed by atoms with Gasteiger partial charge >= 0.3 is 5.97 Å². The van der Waals surface area contributed by atoms with Crippen LogP contribution in [-0.4, -0.2) is 45.6 Å². The highest BCUT2D eigenvalue weighted by atomic mass is 16.5. The molecule has 220 valence electrons. The van der Waals surface area contributed by atoms with Crippen molar-refractivity contribution in [3.63, 3.8) is 0 Å². The fourth-order valence-electron chi connectivity index (χ4n) is 4.22. The smallest absolute Gasteiger partial charge is 0.333 e. The zero-order chi connectivity index (χ0) is 30.7. The molecule has 0 aliphatic rings. The van der Waals surface area contributed by atoms with E-state index in [1.165, 1.54) is 5.01 Å². The number of imide groups is 1. The van der Waals surface area contributed by atoms with Crippen LogP contribution in [0.3, 0.4) is 0 Å². The minimum Gasteiger partial charge on any atom is -0.490 e. The first-order valence-corrected chi connectivity index (χ1v) is 13.7. The highest BCUT2D eigenvalue weighted by Crippen LogP contribution is 2.39. The van der Waals surface area contributed by atoms with Gasteiger partial charge in [-0.3, -0.25) is 19.6 Å². The largest absolute Gasteiger partial charge is 0.490 e. The molecule has 1 aromatic heterocycles. The van der Waals surface area contributed by atoms with Gasteiger partial charge in [0.2, 0.25) is 0 Å². The number of aromatic nitrogens is 1. The van der Waals surface area contributed by atoms with Crippen LogP contribution in [0.4, 0.5) is 5.69 Å². The van der Waals surface area contributed by atoms with Crippen molar-refractivity contribution in [2.75, 3.05) is 11.6 Å². The van der Waals surface area contributed by atoms with Gasteiger partial charge in [-0.15, -0.1) is 0 Å². The van der Waals surface area contributed by atoms with E-state index >= 15 is 0 Å². The number of nitrogens with zero attached hydrogens (tertiary/aromatic N) is 3. The number of aliphatic carboxylic acids is 1. The molecule has 9 nitrogen and oxygen atoms in total. The number of rotatable bonds is 9. The third-order valence-corrected chi connectivity index (χ3v) is 6.20. The molecule has 41 heavy (non-hydrogen) atoms. The summed E-state index contributed by atoms with van der Waals surface area (Å²) in [6.07, 6.45) is 3.19. The Morgan fingerprint density at radius 2 is 1.51 bits per heavy atom. The van der Waals surface area contributed by atoms with E-state index in [-0.39, 0.29) is 6.10 Å². The van der Waals surface area contributed by atoms with Gasteiger partial charge in [-0.1, -0.05) is 53.7 Å². The number of carbonyl (C=O) groups is 3. The topological polar surface area (TPSA) is 109 Å². The summed E-state index contributed by atoms with van der Waals surface area (Å²) in [4.78, 5) is 45.4. The van der Waals surface area contributed by atoms with Crippen LogP contribution >= 0.6 is 0 Å². The summed E-state index contributed by atoms with van der Waals surface area (Å²) in [5, 5.41) is 14.6. The Labute approximate surface area is 242 Å². The van der Waals surface area contributed by atoms with Crippen molar-refractivity contribution in [1.82, 2.24) is 9.99 Å². The van der Waals surface area contributed by atoms with Gasteiger partial charge in [0.25, 0.3) is 11.8 Å². The quantitative estimate of drug-likeness (QED) is 0.297. The summed E-state index contributed by atoms with van der Waals surface area (Å²) < 4.78 is 11.7. The maximum atomic E-state index is 14.1. The molecule has 0 saturated heterocycles. The third kappa shape index (κ3) is 7.14. The Hall–Kier alpha value is -4.14. The molecule has 3 aromatic rings. The maximum Gasteiger partial charge on any atom is 0.333 e. The first-order valence-electron chi connectivity index (χ1n) is 13.7. The van der Waals surface area contributed by atoms with E-state index in [1.807, 2.05) is 20.8 Å². The number of hydrogen-bond acceptors (Lipinski definition) is 7. The number of fused-ring (bicyclic) bond motifs is 1. The summed E-state index contributed by atoms with van der Waals surface area (Å²) in [7, 11) is 0. The average molecular weight is 564 g/mol. The molecule has 2 amide bonds. The number of hydrogen-bond donors (Lipinski definition) is 1. The van der Waals surface area contributed by atoms with Crippen molar-refractivity contribution in [2.45, 2.75) is 74.5 Å². The maximum absolute atomic E-state index is 14.1. The normalized spacial score (nSPS) is 12.6. The summed E-state index contributed by atoms with van der Waals surface area (Å²) in [5.41, 5.74) is -1.35. The van der Waals surface area contributed by atoms with E-state index in [4.69, 9.17) is 9.47 Å². The van der Waals surface area contributed by atoms with Crippen molar-refractivity contribution in [2.24, 2.45) is 10.8 Å². The molecule has 0 bridgehead atoms. The summed E-state index contributed by atoms with van der Waals surface area (Å²) in [6, 6.07) is 10.4. The number of carboxylic acid groups (broad SMARTS) is 1. The second-order valence-electron chi connectivity index (χ2n) is 12.2. The van der Waals surface area contributed by atoms with Crippen molar-refractivity contribution >= 4 is 34.2 Å². The molecule has 1 unspecified atom stereocenters. The second-order valence-corrected chi connectivity index (χ2v) is 12.2. The fourth-order valence-corrected chi connectivity index (χ4v) is 4.22. The van der Waals surface area contributed by atoms with Gasteiger partial charge in [0.1, 0.15) is 0 Å². The third-order valence-electron chi connectivity index (χ3n) is 6.20. The molecule has 2 aromatic carbocycles. The second kappa shape index (κ2) is 12.2. The Morgan fingerprint density at radius 1 is 0.878 bits per heavy atom. The van der Waals surface area contributed by atoms with Crippen LogP contribution in [-0.2, 0) is 14.4 Å². The number of benzene rings is 2. The number of pyridine rings is 1. The van der Waals surface area contributed by atoms with Crippen molar-refractivity contribution in [1.29, 1.82) is 0 Å². The van der Waals surface area contributed by atoms with E-state index in [1.54, 1.807) is 96.4 Å². The summed E-state index contributed by atoms with van der Waals surface area (Å²) in [5.74, 6) is -1.50. The van der Waals surface area contributed by atoms with Crippen LogP contribution in [0.25, 0.3) is 10.8 Å². The Balaban J connectivity index is 2.38. The van der Waals surface area contributed by atoms with Gasteiger partial charge in [0.15, 0.2) is 17.5 Å². The fraction of sp³-hybridized carbons (Fsp3) is 0.438. The molecule has 9 heteroatoms. The number of carboxylic acids is 1. The predicted molar refractivity (Wildman–Crippen MR) is 159 cm³/mol. The Bertz CT molecular complexity index is 1390. The lowest BCUT2D eigenvalue weighted by atomic mass is 9.91. The number of amides is 2. The van der Waals surface area contributed by atoms with Crippen LogP contribution in [0.5, 0.6) is 11.5 Å². The van der Waals surface area contributed by atoms with Crippen LogP contribution < -0.4 is 14.5 Å². The van der Waals surface area contributed by atoms with E-state index in [9.17, 15) is 19.5 Å². The lowest BCUT2D eigenvalue weighted by Gasteiger charge is -2.43. The van der Waals surface area contributed by atoms with E-state index in [2.05, 4.69) is 4.98 Å². The molecule has 1 atom stereocenters. The molecular formula is C32H41N3O6. The average Bonchev–Trinajstić information content (AvgIpc) is 2.87. The molecule has 1 heterocycles. The van der Waals surface area contributed by atoms with Gasteiger partial charge in [-0.25, -0.2) is 4.79 Å². The van der Waals surface area contributed by atoms with Crippen molar-refractivity contribution < 1.29 is 29.0 Å². The minimum absolute atomic E-state index is 0.136. The van der Waals surface area contributed by atoms with Crippen molar-refractivity contribution in [3.05, 3.63) is 60.4 Å². The minimum atomic E-state index is -1.47. The van der Waals surface area contributed by atoms with Crippen molar-refractivity contribution in [3.8, 4) is 11.5 Å². The van der Waals surface area contributed by atoms with E-state index in [0.29, 0.717) is 29.4 Å². The van der Waals surface area contributed by atoms with E-state index < -0.39 is 34.7 Å². The summed E-state index contributed by atoms with van der Waals surface area (Å²) >= 11 is 0. The van der Waals surface area contributed by atoms with Gasteiger partial charge in [-0.05, 0) is 62.1 Å². The number of carbonyl (C=O) groups excluding carboxylic acids is 2. The van der Waals surface area contributed by atoms with E-state index in [0.717, 1.165) is 15.8 Å².